The van der Waals surface area contributed by atoms with Crippen LogP contribution in [0.15, 0.2) is 18.3 Å². The van der Waals surface area contributed by atoms with E-state index in [0.717, 1.165) is 11.1 Å². The Balaban J connectivity index is 3.05. The van der Waals surface area contributed by atoms with Gasteiger partial charge in [0, 0.05) is 17.0 Å². The summed E-state index contributed by atoms with van der Waals surface area (Å²) < 4.78 is 13.4. The molecule has 1 N–H and O–H groups in total. The van der Waals surface area contributed by atoms with Gasteiger partial charge in [0.15, 0.2) is 0 Å². The molecule has 0 radical (unpaired) electrons. The summed E-state index contributed by atoms with van der Waals surface area (Å²) >= 11 is 0. The quantitative estimate of drug-likeness (QED) is 0.649. The molecular weight excluding hydrogens is 181 g/mol. The van der Waals surface area contributed by atoms with Crippen LogP contribution in [0.5, 0.6) is 5.75 Å². The standard InChI is InChI=1S/C11H10FNO/c1-6-3-4-8(14)9-7(2)5-13-11(12)10(6)9/h3-5,14H,1-2H3. The van der Waals surface area contributed by atoms with Crippen molar-refractivity contribution in [3.63, 3.8) is 0 Å². The fraction of sp³-hybridized carbons (Fsp3) is 0.182. The summed E-state index contributed by atoms with van der Waals surface area (Å²) in [5.41, 5.74) is 1.56. The number of aryl methyl sites for hydroxylation is 2. The van der Waals surface area contributed by atoms with Gasteiger partial charge in [0.05, 0.1) is 0 Å². The van der Waals surface area contributed by atoms with Crippen molar-refractivity contribution in [2.24, 2.45) is 0 Å². The van der Waals surface area contributed by atoms with Crippen LogP contribution in [0.25, 0.3) is 10.8 Å². The van der Waals surface area contributed by atoms with Gasteiger partial charge in [-0.15, -0.1) is 0 Å². The lowest BCUT2D eigenvalue weighted by atomic mass is 10.0. The van der Waals surface area contributed by atoms with Crippen LogP contribution in [0, 0.1) is 19.8 Å². The molecule has 0 aliphatic rings. The molecule has 0 spiro atoms. The number of hydrogen-bond donors (Lipinski definition) is 1. The zero-order valence-corrected chi connectivity index (χ0v) is 8.00. The molecule has 1 heterocycles. The number of benzene rings is 1. The van der Waals surface area contributed by atoms with E-state index < -0.39 is 5.95 Å². The largest absolute Gasteiger partial charge is 0.507 e. The Morgan fingerprint density at radius 1 is 1.14 bits per heavy atom. The molecule has 1 aromatic carbocycles. The Morgan fingerprint density at radius 3 is 2.50 bits per heavy atom. The van der Waals surface area contributed by atoms with Gasteiger partial charge in [-0.3, -0.25) is 0 Å². The lowest BCUT2D eigenvalue weighted by Gasteiger charge is -2.07. The van der Waals surface area contributed by atoms with Crippen molar-refractivity contribution in [1.82, 2.24) is 4.98 Å². The van der Waals surface area contributed by atoms with E-state index >= 15 is 0 Å². The monoisotopic (exact) mass is 191 g/mol. The normalized spacial score (nSPS) is 10.8. The van der Waals surface area contributed by atoms with Crippen LogP contribution >= 0.6 is 0 Å². The Hall–Kier alpha value is -1.64. The maximum Gasteiger partial charge on any atom is 0.221 e. The molecule has 0 aliphatic carbocycles. The first-order valence-electron chi connectivity index (χ1n) is 4.34. The zero-order valence-electron chi connectivity index (χ0n) is 8.00. The van der Waals surface area contributed by atoms with Crippen molar-refractivity contribution in [2.75, 3.05) is 0 Å². The van der Waals surface area contributed by atoms with Gasteiger partial charge in [-0.1, -0.05) is 6.07 Å². The fourth-order valence-corrected chi connectivity index (χ4v) is 1.64. The van der Waals surface area contributed by atoms with Crippen LogP contribution in [0.2, 0.25) is 0 Å². The summed E-state index contributed by atoms with van der Waals surface area (Å²) in [6.07, 6.45) is 1.43. The minimum atomic E-state index is -0.529. The molecule has 0 aliphatic heterocycles. The summed E-state index contributed by atoms with van der Waals surface area (Å²) in [7, 11) is 0. The third-order valence-electron chi connectivity index (χ3n) is 2.36. The van der Waals surface area contributed by atoms with Crippen molar-refractivity contribution >= 4 is 10.8 Å². The number of fused-ring (bicyclic) bond motifs is 1. The van der Waals surface area contributed by atoms with Crippen molar-refractivity contribution in [1.29, 1.82) is 0 Å². The lowest BCUT2D eigenvalue weighted by Crippen LogP contribution is -1.91. The molecule has 14 heavy (non-hydrogen) atoms. The predicted molar refractivity (Wildman–Crippen MR) is 52.8 cm³/mol. The second kappa shape index (κ2) is 2.94. The molecule has 0 saturated carbocycles. The topological polar surface area (TPSA) is 33.1 Å². The molecule has 2 nitrogen and oxygen atoms in total. The van der Waals surface area contributed by atoms with Crippen LogP contribution in [0.3, 0.4) is 0 Å². The van der Waals surface area contributed by atoms with Gasteiger partial charge >= 0.3 is 0 Å². The highest BCUT2D eigenvalue weighted by Crippen LogP contribution is 2.30. The van der Waals surface area contributed by atoms with Gasteiger partial charge in [-0.05, 0) is 31.0 Å². The van der Waals surface area contributed by atoms with Crippen molar-refractivity contribution < 1.29 is 9.50 Å². The van der Waals surface area contributed by atoms with Crippen LogP contribution in [-0.2, 0) is 0 Å². The lowest BCUT2D eigenvalue weighted by molar-refractivity contribution is 0.480. The first kappa shape index (κ1) is 8.94. The SMILES string of the molecule is Cc1cnc(F)c2c(C)ccc(O)c12. The number of rotatable bonds is 0. The molecule has 0 saturated heterocycles. The number of phenolic OH excluding ortho intramolecular Hbond substituents is 1. The maximum atomic E-state index is 13.4. The van der Waals surface area contributed by atoms with Crippen molar-refractivity contribution in [2.45, 2.75) is 13.8 Å². The number of halogens is 1. The number of phenols is 1. The molecular formula is C11H10FNO. The molecule has 0 atom stereocenters. The third-order valence-corrected chi connectivity index (χ3v) is 2.36. The van der Waals surface area contributed by atoms with Crippen LogP contribution in [0.1, 0.15) is 11.1 Å². The highest BCUT2D eigenvalue weighted by Gasteiger charge is 2.10. The van der Waals surface area contributed by atoms with Gasteiger partial charge in [-0.2, -0.15) is 4.39 Å². The first-order valence-corrected chi connectivity index (χ1v) is 4.34. The van der Waals surface area contributed by atoms with Gasteiger partial charge in [0.25, 0.3) is 0 Å². The van der Waals surface area contributed by atoms with E-state index in [1.54, 1.807) is 26.0 Å². The summed E-state index contributed by atoms with van der Waals surface area (Å²) in [5, 5.41) is 10.6. The van der Waals surface area contributed by atoms with E-state index in [2.05, 4.69) is 4.98 Å². The fourth-order valence-electron chi connectivity index (χ4n) is 1.64. The maximum absolute atomic E-state index is 13.4. The molecule has 2 aromatic rings. The zero-order chi connectivity index (χ0) is 10.3. The van der Waals surface area contributed by atoms with E-state index in [1.807, 2.05) is 0 Å². The Kier molecular flexibility index (Phi) is 1.88. The summed E-state index contributed by atoms with van der Waals surface area (Å²) in [6, 6.07) is 3.26. The molecule has 1 aromatic heterocycles. The summed E-state index contributed by atoms with van der Waals surface area (Å²) in [6.45, 7) is 3.60. The van der Waals surface area contributed by atoms with Gasteiger partial charge in [0.2, 0.25) is 5.95 Å². The van der Waals surface area contributed by atoms with Gasteiger partial charge < -0.3 is 5.11 Å². The smallest absolute Gasteiger partial charge is 0.221 e. The second-order valence-electron chi connectivity index (χ2n) is 3.38. The van der Waals surface area contributed by atoms with Gasteiger partial charge in [0.1, 0.15) is 5.75 Å². The Bertz CT molecular complexity index is 419. The number of aromatic nitrogens is 1. The molecule has 2 rings (SSSR count). The molecule has 3 heteroatoms. The molecule has 72 valence electrons. The van der Waals surface area contributed by atoms with Crippen LogP contribution in [-0.4, -0.2) is 10.1 Å². The van der Waals surface area contributed by atoms with E-state index in [0.29, 0.717) is 10.8 Å². The first-order chi connectivity index (χ1) is 6.61. The number of nitrogens with zero attached hydrogens (tertiary/aromatic N) is 1. The molecule has 0 bridgehead atoms. The minimum absolute atomic E-state index is 0.101. The Labute approximate surface area is 81.0 Å². The van der Waals surface area contributed by atoms with E-state index in [9.17, 15) is 9.50 Å². The summed E-state index contributed by atoms with van der Waals surface area (Å²) in [5.74, 6) is -0.427. The van der Waals surface area contributed by atoms with Gasteiger partial charge in [-0.25, -0.2) is 4.98 Å². The summed E-state index contributed by atoms with van der Waals surface area (Å²) in [4.78, 5) is 3.63. The third kappa shape index (κ3) is 1.13. The number of hydrogen-bond acceptors (Lipinski definition) is 2. The average Bonchev–Trinajstić information content (AvgIpc) is 2.16. The average molecular weight is 191 g/mol. The molecule has 0 fully saturated rings. The van der Waals surface area contributed by atoms with Crippen molar-refractivity contribution in [3.8, 4) is 5.75 Å². The number of aromatic hydroxyl groups is 1. The second-order valence-corrected chi connectivity index (χ2v) is 3.38. The Morgan fingerprint density at radius 2 is 1.86 bits per heavy atom. The van der Waals surface area contributed by atoms with E-state index in [1.165, 1.54) is 6.20 Å². The predicted octanol–water partition coefficient (Wildman–Crippen LogP) is 2.70. The molecule has 0 amide bonds. The molecule has 0 unspecified atom stereocenters. The highest BCUT2D eigenvalue weighted by molar-refractivity contribution is 5.92. The van der Waals surface area contributed by atoms with E-state index in [4.69, 9.17) is 0 Å². The van der Waals surface area contributed by atoms with E-state index in [-0.39, 0.29) is 5.75 Å². The minimum Gasteiger partial charge on any atom is -0.507 e. The van der Waals surface area contributed by atoms with Crippen LogP contribution in [0.4, 0.5) is 4.39 Å². The highest BCUT2D eigenvalue weighted by atomic mass is 19.1. The van der Waals surface area contributed by atoms with Crippen LogP contribution < -0.4 is 0 Å². The number of pyridine rings is 1. The van der Waals surface area contributed by atoms with Crippen molar-refractivity contribution in [3.05, 3.63) is 35.4 Å².